The van der Waals surface area contributed by atoms with Gasteiger partial charge in [0.2, 0.25) is 20.0 Å². The Kier molecular flexibility index (Phi) is 9.05. The number of carboxylic acids is 1. The van der Waals surface area contributed by atoms with Crippen molar-refractivity contribution in [1.29, 1.82) is 0 Å². The maximum Gasteiger partial charge on any atom is 0.314 e. The zero-order valence-corrected chi connectivity index (χ0v) is 20.3. The Labute approximate surface area is 200 Å². The molecule has 0 saturated carbocycles. The van der Waals surface area contributed by atoms with Crippen LogP contribution in [0.3, 0.4) is 0 Å². The number of rotatable bonds is 12. The summed E-state index contributed by atoms with van der Waals surface area (Å²) in [6.45, 7) is -0.794. The standard InChI is InChI=1S/C20H23ClF3NO7S2/c1-20(9-3-2-6-14(20)19(26)27)32-18-15(24)7-8-16(17(18)21)25(33(28,29)12-4-10-22)34(30,31)13-5-11-23/h2-3,6-9,14H,4-5,10-13H2,1H3,(H,26,27). The molecule has 190 valence electrons. The number of sulfonamides is 2. The average molecular weight is 546 g/mol. The minimum absolute atomic E-state index is 0.0758. The smallest absolute Gasteiger partial charge is 0.314 e. The van der Waals surface area contributed by atoms with E-state index in [0.29, 0.717) is 6.07 Å². The van der Waals surface area contributed by atoms with Gasteiger partial charge < -0.3 is 9.84 Å². The van der Waals surface area contributed by atoms with Crippen molar-refractivity contribution in [3.63, 3.8) is 0 Å². The van der Waals surface area contributed by atoms with Gasteiger partial charge in [0.15, 0.2) is 11.6 Å². The Hall–Kier alpha value is -2.25. The minimum atomic E-state index is -4.75. The summed E-state index contributed by atoms with van der Waals surface area (Å²) in [5, 5.41) is 8.71. The number of halogens is 4. The Morgan fingerprint density at radius 1 is 1.12 bits per heavy atom. The predicted octanol–water partition coefficient (Wildman–Crippen LogP) is 3.63. The van der Waals surface area contributed by atoms with Crippen molar-refractivity contribution in [2.75, 3.05) is 28.6 Å². The molecule has 2 rings (SSSR count). The van der Waals surface area contributed by atoms with Crippen molar-refractivity contribution in [2.45, 2.75) is 25.4 Å². The van der Waals surface area contributed by atoms with Crippen LogP contribution in [0.4, 0.5) is 18.9 Å². The molecule has 0 aromatic heterocycles. The van der Waals surface area contributed by atoms with Crippen LogP contribution in [0.25, 0.3) is 0 Å². The van der Waals surface area contributed by atoms with Crippen LogP contribution in [0.2, 0.25) is 5.02 Å². The molecule has 2 unspecified atom stereocenters. The summed E-state index contributed by atoms with van der Waals surface area (Å²) in [6.07, 6.45) is 4.43. The topological polar surface area (TPSA) is 118 Å². The second-order valence-electron chi connectivity index (χ2n) is 7.47. The molecule has 0 radical (unpaired) electrons. The lowest BCUT2D eigenvalue weighted by Gasteiger charge is -2.34. The van der Waals surface area contributed by atoms with Crippen molar-refractivity contribution in [3.05, 3.63) is 47.3 Å². The quantitative estimate of drug-likeness (QED) is 0.426. The van der Waals surface area contributed by atoms with Gasteiger partial charge in [-0.15, -0.1) is 0 Å². The lowest BCUT2D eigenvalue weighted by atomic mass is 9.85. The number of anilines is 1. The number of benzene rings is 1. The molecule has 14 heteroatoms. The molecule has 0 spiro atoms. The number of nitrogens with zero attached hydrogens (tertiary/aromatic N) is 1. The first kappa shape index (κ1) is 28.0. The third-order valence-corrected chi connectivity index (χ3v) is 9.59. The molecule has 0 heterocycles. The van der Waals surface area contributed by atoms with E-state index < -0.39 is 97.5 Å². The normalized spacial score (nSPS) is 20.3. The highest BCUT2D eigenvalue weighted by molar-refractivity contribution is 8.10. The summed E-state index contributed by atoms with van der Waals surface area (Å²) >= 11 is 6.22. The number of allylic oxidation sites excluding steroid dienone is 2. The summed E-state index contributed by atoms with van der Waals surface area (Å²) in [7, 11) is -9.50. The summed E-state index contributed by atoms with van der Waals surface area (Å²) in [4.78, 5) is 11.6. The second-order valence-corrected chi connectivity index (χ2v) is 12.0. The van der Waals surface area contributed by atoms with Gasteiger partial charge in [-0.2, -0.15) is 3.71 Å². The minimum Gasteiger partial charge on any atom is -0.481 e. The van der Waals surface area contributed by atoms with Crippen molar-refractivity contribution in [3.8, 4) is 5.75 Å². The van der Waals surface area contributed by atoms with Gasteiger partial charge >= 0.3 is 5.97 Å². The number of aliphatic carboxylic acids is 1. The summed E-state index contributed by atoms with van der Waals surface area (Å²) in [5.74, 6) is -6.35. The van der Waals surface area contributed by atoms with Gasteiger partial charge in [0.1, 0.15) is 16.5 Å². The third kappa shape index (κ3) is 6.05. The molecule has 34 heavy (non-hydrogen) atoms. The molecule has 1 aromatic carbocycles. The van der Waals surface area contributed by atoms with Crippen LogP contribution in [-0.4, -0.2) is 58.4 Å². The highest BCUT2D eigenvalue weighted by Crippen LogP contribution is 2.42. The lowest BCUT2D eigenvalue weighted by Crippen LogP contribution is -2.43. The van der Waals surface area contributed by atoms with Crippen LogP contribution < -0.4 is 8.45 Å². The molecule has 2 atom stereocenters. The van der Waals surface area contributed by atoms with E-state index in [1.807, 2.05) is 0 Å². The zero-order valence-electron chi connectivity index (χ0n) is 18.0. The average Bonchev–Trinajstić information content (AvgIpc) is 2.75. The second kappa shape index (κ2) is 11.0. The number of carboxylic acid groups (broad SMARTS) is 1. The molecule has 1 aromatic rings. The van der Waals surface area contributed by atoms with E-state index in [-0.39, 0.29) is 3.71 Å². The molecule has 1 N–H and O–H groups in total. The molecule has 1 aliphatic carbocycles. The van der Waals surface area contributed by atoms with Crippen LogP contribution >= 0.6 is 11.6 Å². The van der Waals surface area contributed by atoms with Crippen molar-refractivity contribution in [1.82, 2.24) is 0 Å². The highest BCUT2D eigenvalue weighted by atomic mass is 35.5. The van der Waals surface area contributed by atoms with Gasteiger partial charge in [0, 0.05) is 0 Å². The first-order chi connectivity index (χ1) is 15.8. The number of alkyl halides is 2. The van der Waals surface area contributed by atoms with Crippen LogP contribution in [0.15, 0.2) is 36.4 Å². The van der Waals surface area contributed by atoms with Crippen molar-refractivity contribution < 1.29 is 44.6 Å². The Morgan fingerprint density at radius 2 is 1.68 bits per heavy atom. The van der Waals surface area contributed by atoms with Crippen molar-refractivity contribution >= 4 is 43.3 Å². The predicted molar refractivity (Wildman–Crippen MR) is 121 cm³/mol. The fourth-order valence-electron chi connectivity index (χ4n) is 3.23. The summed E-state index contributed by atoms with van der Waals surface area (Å²) in [5.41, 5.74) is -2.39. The fourth-order valence-corrected chi connectivity index (χ4v) is 7.62. The largest absolute Gasteiger partial charge is 0.481 e. The molecule has 1 aliphatic rings. The molecule has 0 amide bonds. The van der Waals surface area contributed by atoms with Gasteiger partial charge in [0.25, 0.3) is 0 Å². The zero-order chi connectivity index (χ0) is 25.7. The molecule has 8 nitrogen and oxygen atoms in total. The molecule has 0 bridgehead atoms. The van der Waals surface area contributed by atoms with Gasteiger partial charge in [-0.1, -0.05) is 29.8 Å². The molecule has 0 saturated heterocycles. The van der Waals surface area contributed by atoms with Crippen LogP contribution in [0.1, 0.15) is 19.8 Å². The van der Waals surface area contributed by atoms with Gasteiger partial charge in [-0.05, 0) is 38.0 Å². The van der Waals surface area contributed by atoms with Gasteiger partial charge in [0.05, 0.1) is 30.5 Å². The van der Waals surface area contributed by atoms with Crippen LogP contribution in [0, 0.1) is 11.7 Å². The molecule has 0 aliphatic heterocycles. The van der Waals surface area contributed by atoms with E-state index >= 15 is 0 Å². The number of ether oxygens (including phenoxy) is 1. The van der Waals surface area contributed by atoms with Crippen molar-refractivity contribution in [2.24, 2.45) is 5.92 Å². The van der Waals surface area contributed by atoms with Gasteiger partial charge in [-0.25, -0.2) is 21.2 Å². The Bertz CT molecular complexity index is 1150. The SMILES string of the molecule is CC1(Oc2c(F)ccc(N(S(=O)(=O)CCCF)S(=O)(=O)CCCF)c2Cl)C=CC=CC1C(=O)O. The third-order valence-electron chi connectivity index (χ3n) is 4.85. The monoisotopic (exact) mass is 545 g/mol. The van der Waals surface area contributed by atoms with E-state index in [2.05, 4.69) is 0 Å². The fraction of sp³-hybridized carbons (Fsp3) is 0.450. The van der Waals surface area contributed by atoms with E-state index in [1.165, 1.54) is 31.2 Å². The first-order valence-corrected chi connectivity index (χ1v) is 13.5. The van der Waals surface area contributed by atoms with E-state index in [1.54, 1.807) is 0 Å². The number of hydrogen-bond donors (Lipinski definition) is 1. The highest BCUT2D eigenvalue weighted by Gasteiger charge is 2.42. The number of carbonyl (C=O) groups is 1. The molecule has 0 fully saturated rings. The van der Waals surface area contributed by atoms with E-state index in [9.17, 15) is 39.9 Å². The first-order valence-electron chi connectivity index (χ1n) is 9.94. The molecular weight excluding hydrogens is 523 g/mol. The number of hydrogen-bond acceptors (Lipinski definition) is 6. The Morgan fingerprint density at radius 3 is 2.18 bits per heavy atom. The Balaban J connectivity index is 2.67. The van der Waals surface area contributed by atoms with Crippen LogP contribution in [0.5, 0.6) is 5.75 Å². The van der Waals surface area contributed by atoms with Crippen LogP contribution in [-0.2, 0) is 24.8 Å². The van der Waals surface area contributed by atoms with E-state index in [4.69, 9.17) is 16.3 Å². The van der Waals surface area contributed by atoms with E-state index in [0.717, 1.165) is 6.07 Å². The summed E-state index contributed by atoms with van der Waals surface area (Å²) < 4.78 is 96.9. The molecular formula is C20H23ClF3NO7S2. The maximum absolute atomic E-state index is 14.7. The maximum atomic E-state index is 14.7. The summed E-state index contributed by atoms with van der Waals surface area (Å²) in [6, 6.07) is 1.47. The lowest BCUT2D eigenvalue weighted by molar-refractivity contribution is -0.144. The van der Waals surface area contributed by atoms with Gasteiger partial charge in [-0.3, -0.25) is 13.6 Å².